The first-order valence-corrected chi connectivity index (χ1v) is 13.0. The van der Waals surface area contributed by atoms with Gasteiger partial charge < -0.3 is 14.8 Å². The van der Waals surface area contributed by atoms with Gasteiger partial charge in [0.1, 0.15) is 0 Å². The molecule has 2 aromatic carbocycles. The zero-order valence-electron chi connectivity index (χ0n) is 20.3. The Morgan fingerprint density at radius 2 is 1.68 bits per heavy atom. The number of carbonyl (C=O) groups excluding carboxylic acids is 3. The van der Waals surface area contributed by atoms with E-state index in [4.69, 9.17) is 9.47 Å². The first kappa shape index (κ1) is 27.3. The van der Waals surface area contributed by atoms with Crippen molar-refractivity contribution in [2.45, 2.75) is 37.7 Å². The Morgan fingerprint density at radius 3 is 2.35 bits per heavy atom. The van der Waals surface area contributed by atoms with Gasteiger partial charge in [-0.25, -0.2) is 22.9 Å². The number of hydrogen-bond donors (Lipinski definition) is 2. The fourth-order valence-electron chi connectivity index (χ4n) is 3.16. The lowest BCUT2D eigenvalue weighted by Gasteiger charge is -2.10. The molecule has 0 radical (unpaired) electrons. The predicted octanol–water partition coefficient (Wildman–Crippen LogP) is 3.49. The minimum absolute atomic E-state index is 0.0829. The average molecular weight is 526 g/mol. The molecule has 0 fully saturated rings. The van der Waals surface area contributed by atoms with E-state index in [-0.39, 0.29) is 28.0 Å². The highest BCUT2D eigenvalue weighted by Crippen LogP contribution is 2.14. The molecular weight excluding hydrogens is 498 g/mol. The lowest BCUT2D eigenvalue weighted by Crippen LogP contribution is -2.31. The molecule has 0 aliphatic carbocycles. The number of benzene rings is 2. The summed E-state index contributed by atoms with van der Waals surface area (Å²) in [4.78, 5) is 40.1. The normalized spacial score (nSPS) is 11.0. The van der Waals surface area contributed by atoms with Gasteiger partial charge in [-0.05, 0) is 56.5 Å². The van der Waals surface area contributed by atoms with Crippen LogP contribution in [-0.4, -0.2) is 44.0 Å². The number of aryl methyl sites for hydroxylation is 1. The van der Waals surface area contributed by atoms with Crippen molar-refractivity contribution in [3.63, 3.8) is 0 Å². The third kappa shape index (κ3) is 8.43. The highest BCUT2D eigenvalue weighted by Gasteiger charge is 2.21. The minimum Gasteiger partial charge on any atom is -0.431 e. The van der Waals surface area contributed by atoms with E-state index >= 15 is 0 Å². The van der Waals surface area contributed by atoms with Crippen LogP contribution >= 0.6 is 0 Å². The number of carbonyl (C=O) groups is 3. The number of hydrogen-bond acceptors (Lipinski definition) is 8. The van der Waals surface area contributed by atoms with Crippen LogP contribution in [0.2, 0.25) is 0 Å². The molecule has 0 atom stereocenters. The third-order valence-corrected chi connectivity index (χ3v) is 6.25. The van der Waals surface area contributed by atoms with Gasteiger partial charge in [-0.1, -0.05) is 36.4 Å². The monoisotopic (exact) mass is 525 g/mol. The fraction of sp³-hybridized carbons (Fsp3) is 0.231. The highest BCUT2D eigenvalue weighted by atomic mass is 32.2. The molecule has 0 spiro atoms. The SMILES string of the molecule is CC(C)OC(=O)Oc1ccc(C(=O)NS(=O)(=O)c2cccc(C(=O)NCCCc3ccccc3)c2)cn1. The van der Waals surface area contributed by atoms with Crippen molar-refractivity contribution in [3.05, 3.63) is 89.6 Å². The molecular formula is C26H27N3O7S. The topological polar surface area (TPSA) is 141 Å². The van der Waals surface area contributed by atoms with Gasteiger partial charge in [-0.15, -0.1) is 0 Å². The molecule has 0 saturated carbocycles. The van der Waals surface area contributed by atoms with E-state index in [0.717, 1.165) is 24.6 Å². The molecule has 37 heavy (non-hydrogen) atoms. The molecule has 10 nitrogen and oxygen atoms in total. The number of amides is 2. The molecule has 1 heterocycles. The van der Waals surface area contributed by atoms with Crippen LogP contribution in [0.15, 0.2) is 77.8 Å². The van der Waals surface area contributed by atoms with Crippen molar-refractivity contribution in [1.29, 1.82) is 0 Å². The molecule has 3 rings (SSSR count). The molecule has 2 N–H and O–H groups in total. The lowest BCUT2D eigenvalue weighted by molar-refractivity contribution is 0.0715. The van der Waals surface area contributed by atoms with Crippen LogP contribution in [0.4, 0.5) is 4.79 Å². The first-order chi connectivity index (χ1) is 17.6. The average Bonchev–Trinajstić information content (AvgIpc) is 2.87. The third-order valence-electron chi connectivity index (χ3n) is 4.92. The minimum atomic E-state index is -4.28. The van der Waals surface area contributed by atoms with E-state index in [0.29, 0.717) is 6.54 Å². The second-order valence-electron chi connectivity index (χ2n) is 8.21. The summed E-state index contributed by atoms with van der Waals surface area (Å²) < 4.78 is 37.1. The first-order valence-electron chi connectivity index (χ1n) is 11.5. The summed E-state index contributed by atoms with van der Waals surface area (Å²) in [6.07, 6.45) is 1.24. The molecule has 0 unspecified atom stereocenters. The quantitative estimate of drug-likeness (QED) is 0.303. The zero-order chi connectivity index (χ0) is 26.8. The smallest absolute Gasteiger partial charge is 0.431 e. The number of rotatable bonds is 10. The van der Waals surface area contributed by atoms with Gasteiger partial charge >= 0.3 is 6.16 Å². The van der Waals surface area contributed by atoms with E-state index in [1.165, 1.54) is 36.4 Å². The maximum Gasteiger partial charge on any atom is 0.515 e. The van der Waals surface area contributed by atoms with Crippen molar-refractivity contribution < 1.29 is 32.3 Å². The van der Waals surface area contributed by atoms with Crippen LogP contribution in [0.5, 0.6) is 5.88 Å². The maximum atomic E-state index is 12.8. The maximum absolute atomic E-state index is 12.8. The van der Waals surface area contributed by atoms with Gasteiger partial charge in [0.15, 0.2) is 0 Å². The van der Waals surface area contributed by atoms with E-state index in [1.54, 1.807) is 13.8 Å². The largest absolute Gasteiger partial charge is 0.515 e. The molecule has 3 aromatic rings. The molecule has 194 valence electrons. The zero-order valence-corrected chi connectivity index (χ0v) is 21.2. The highest BCUT2D eigenvalue weighted by molar-refractivity contribution is 7.90. The van der Waals surface area contributed by atoms with Crippen LogP contribution < -0.4 is 14.8 Å². The van der Waals surface area contributed by atoms with Crippen molar-refractivity contribution in [2.75, 3.05) is 6.54 Å². The lowest BCUT2D eigenvalue weighted by atomic mass is 10.1. The molecule has 11 heteroatoms. The molecule has 0 aliphatic heterocycles. The van der Waals surface area contributed by atoms with Crippen molar-refractivity contribution in [2.24, 2.45) is 0 Å². The number of nitrogens with one attached hydrogen (secondary N) is 2. The standard InChI is InChI=1S/C26H27N3O7S/c1-18(2)35-26(32)36-23-14-13-21(17-28-23)25(31)29-37(33,34)22-12-6-11-20(16-22)24(30)27-15-7-10-19-8-4-3-5-9-19/h3-6,8-9,11-14,16-18H,7,10,15H2,1-2H3,(H,27,30)(H,29,31). The number of nitrogens with zero attached hydrogens (tertiary/aromatic N) is 1. The summed E-state index contributed by atoms with van der Waals surface area (Å²) in [5.74, 6) is -1.49. The molecule has 1 aromatic heterocycles. The van der Waals surface area contributed by atoms with Gasteiger partial charge in [0.05, 0.1) is 16.6 Å². The van der Waals surface area contributed by atoms with Gasteiger partial charge in [0.2, 0.25) is 5.88 Å². The van der Waals surface area contributed by atoms with Gasteiger partial charge in [0.25, 0.3) is 21.8 Å². The summed E-state index contributed by atoms with van der Waals surface area (Å²) in [5, 5.41) is 2.77. The van der Waals surface area contributed by atoms with Crippen molar-refractivity contribution >= 4 is 28.0 Å². The van der Waals surface area contributed by atoms with Crippen LogP contribution in [0.1, 0.15) is 46.5 Å². The number of ether oxygens (including phenoxy) is 2. The second-order valence-corrected chi connectivity index (χ2v) is 9.89. The molecule has 0 aliphatic rings. The van der Waals surface area contributed by atoms with Gasteiger partial charge in [-0.3, -0.25) is 9.59 Å². The Kier molecular flexibility index (Phi) is 9.33. The Hall–Kier alpha value is -4.25. The van der Waals surface area contributed by atoms with Crippen LogP contribution in [0.3, 0.4) is 0 Å². The second kappa shape index (κ2) is 12.6. The van der Waals surface area contributed by atoms with Gasteiger partial charge in [-0.2, -0.15) is 0 Å². The molecule has 2 amide bonds. The Balaban J connectivity index is 1.57. The summed E-state index contributed by atoms with van der Waals surface area (Å²) in [7, 11) is -4.28. The molecule has 0 bridgehead atoms. The van der Waals surface area contributed by atoms with E-state index < -0.39 is 28.0 Å². The summed E-state index contributed by atoms with van der Waals surface area (Å²) in [5.41, 5.74) is 1.22. The predicted molar refractivity (Wildman–Crippen MR) is 135 cm³/mol. The van der Waals surface area contributed by atoms with Crippen molar-refractivity contribution in [1.82, 2.24) is 15.0 Å². The fourth-order valence-corrected chi connectivity index (χ4v) is 4.18. The van der Waals surface area contributed by atoms with E-state index in [2.05, 4.69) is 10.3 Å². The number of aromatic nitrogens is 1. The Morgan fingerprint density at radius 1 is 0.919 bits per heavy atom. The summed E-state index contributed by atoms with van der Waals surface area (Å²) in [6.45, 7) is 3.72. The number of pyridine rings is 1. The van der Waals surface area contributed by atoms with Crippen molar-refractivity contribution in [3.8, 4) is 5.88 Å². The van der Waals surface area contributed by atoms with Crippen LogP contribution in [-0.2, 0) is 21.2 Å². The van der Waals surface area contributed by atoms with E-state index in [1.807, 2.05) is 35.1 Å². The summed E-state index contributed by atoms with van der Waals surface area (Å²) in [6, 6.07) is 17.7. The van der Waals surface area contributed by atoms with Crippen LogP contribution in [0, 0.1) is 0 Å². The van der Waals surface area contributed by atoms with Gasteiger partial charge in [0, 0.05) is 24.4 Å². The van der Waals surface area contributed by atoms with Crippen LogP contribution in [0.25, 0.3) is 0 Å². The molecule has 0 saturated heterocycles. The number of sulfonamides is 1. The Labute approximate surface area is 215 Å². The van der Waals surface area contributed by atoms with E-state index in [9.17, 15) is 22.8 Å². The summed E-state index contributed by atoms with van der Waals surface area (Å²) >= 11 is 0. The Bertz CT molecular complexity index is 1340.